The van der Waals surface area contributed by atoms with Crippen LogP contribution in [0.15, 0.2) is 65.6 Å². The minimum absolute atomic E-state index is 0.148. The van der Waals surface area contributed by atoms with Gasteiger partial charge in [-0.05, 0) is 96.1 Å². The molecule has 2 N–H and O–H groups in total. The topological polar surface area (TPSA) is 81.3 Å². The highest BCUT2D eigenvalue weighted by Gasteiger charge is 2.24. The van der Waals surface area contributed by atoms with E-state index in [2.05, 4.69) is 117 Å². The number of hydrogen-bond donors (Lipinski definition) is 2. The van der Waals surface area contributed by atoms with Gasteiger partial charge in [-0.3, -0.25) is 9.69 Å². The van der Waals surface area contributed by atoms with Crippen LogP contribution in [0.1, 0.15) is 96.3 Å². The van der Waals surface area contributed by atoms with Gasteiger partial charge in [-0.25, -0.2) is 9.78 Å². The van der Waals surface area contributed by atoms with Gasteiger partial charge in [0.15, 0.2) is 0 Å². The summed E-state index contributed by atoms with van der Waals surface area (Å²) in [5, 5.41) is 4.04. The van der Waals surface area contributed by atoms with Crippen LogP contribution in [0.5, 0.6) is 0 Å². The fourth-order valence-electron chi connectivity index (χ4n) is 5.65. The molecule has 0 unspecified atom stereocenters. The summed E-state index contributed by atoms with van der Waals surface area (Å²) in [4.78, 5) is 38.3. The zero-order chi connectivity index (χ0) is 33.2. The number of nitrogens with one attached hydrogen (secondary N) is 2. The van der Waals surface area contributed by atoms with Crippen LogP contribution in [-0.2, 0) is 0 Å². The SMILES string of the molecule is CCCCN(C(=O)Nc1c(C(C)C)cc(-c2cccc(C#CCCN(CC)CC)c2)cc1C(C)C)c1cc2cccnc2[nH]c1=O. The number of hydrogen-bond acceptors (Lipinski definition) is 4. The third-order valence-electron chi connectivity index (χ3n) is 8.42. The molecule has 46 heavy (non-hydrogen) atoms. The molecule has 0 radical (unpaired) electrons. The minimum atomic E-state index is -0.336. The molecular weight excluding hydrogens is 570 g/mol. The smallest absolute Gasteiger partial charge is 0.307 e. The Morgan fingerprint density at radius 1 is 0.913 bits per heavy atom. The molecule has 7 nitrogen and oxygen atoms in total. The van der Waals surface area contributed by atoms with Gasteiger partial charge in [0, 0.05) is 42.3 Å². The molecule has 2 amide bonds. The van der Waals surface area contributed by atoms with Crippen LogP contribution in [0.4, 0.5) is 16.2 Å². The van der Waals surface area contributed by atoms with Gasteiger partial charge in [-0.1, -0.05) is 78.9 Å². The Bertz CT molecular complexity index is 1730. The first-order valence-corrected chi connectivity index (χ1v) is 16.7. The maximum absolute atomic E-state index is 14.1. The summed E-state index contributed by atoms with van der Waals surface area (Å²) >= 11 is 0. The number of nitrogens with zero attached hydrogens (tertiary/aromatic N) is 3. The number of carbonyl (C=O) groups is 1. The lowest BCUT2D eigenvalue weighted by Gasteiger charge is -2.27. The lowest BCUT2D eigenvalue weighted by Crippen LogP contribution is -2.39. The van der Waals surface area contributed by atoms with Gasteiger partial charge < -0.3 is 15.2 Å². The third-order valence-corrected chi connectivity index (χ3v) is 8.42. The standard InChI is InChI=1S/C39H49N5O2/c1-8-11-22-44(35-26-31-19-15-20-40-37(31)42-38(35)45)39(46)41-36-33(27(4)5)24-32(25-34(36)28(6)7)30-18-14-17-29(23-30)16-12-13-21-43(9-2)10-3/h14-15,17-20,23-28H,8-11,13,21-22H2,1-7H3,(H,41,46)(H,40,42,45). The van der Waals surface area contributed by atoms with Gasteiger partial charge in [0.05, 0.1) is 0 Å². The number of rotatable bonds is 12. The molecule has 2 aromatic carbocycles. The van der Waals surface area contributed by atoms with Gasteiger partial charge in [0.25, 0.3) is 5.56 Å². The van der Waals surface area contributed by atoms with Crippen molar-refractivity contribution in [3.05, 3.63) is 87.8 Å². The molecule has 2 aromatic heterocycles. The van der Waals surface area contributed by atoms with Crippen LogP contribution in [0.25, 0.3) is 22.2 Å². The van der Waals surface area contributed by atoms with Crippen LogP contribution >= 0.6 is 0 Å². The molecule has 0 bridgehead atoms. The molecule has 0 atom stereocenters. The average Bonchev–Trinajstić information content (AvgIpc) is 3.05. The van der Waals surface area contributed by atoms with Crippen molar-refractivity contribution in [1.82, 2.24) is 14.9 Å². The first-order chi connectivity index (χ1) is 22.2. The normalized spacial score (nSPS) is 11.3. The lowest BCUT2D eigenvalue weighted by atomic mass is 9.88. The molecule has 242 valence electrons. The number of unbranched alkanes of at least 4 members (excludes halogenated alkanes) is 1. The van der Waals surface area contributed by atoms with E-state index in [9.17, 15) is 9.59 Å². The predicted molar refractivity (Wildman–Crippen MR) is 193 cm³/mol. The van der Waals surface area contributed by atoms with Gasteiger partial charge in [-0.15, -0.1) is 0 Å². The van der Waals surface area contributed by atoms with Crippen molar-refractivity contribution < 1.29 is 4.79 Å². The van der Waals surface area contributed by atoms with Crippen LogP contribution in [0.3, 0.4) is 0 Å². The largest absolute Gasteiger partial charge is 0.326 e. The van der Waals surface area contributed by atoms with Gasteiger partial charge >= 0.3 is 6.03 Å². The summed E-state index contributed by atoms with van der Waals surface area (Å²) in [6, 6.07) is 17.9. The molecule has 4 aromatic rings. The van der Waals surface area contributed by atoms with E-state index in [0.29, 0.717) is 17.9 Å². The fraction of sp³-hybridized carbons (Fsp3) is 0.410. The van der Waals surface area contributed by atoms with Crippen molar-refractivity contribution in [3.63, 3.8) is 0 Å². The summed E-state index contributed by atoms with van der Waals surface area (Å²) < 4.78 is 0. The molecule has 0 spiro atoms. The highest BCUT2D eigenvalue weighted by molar-refractivity contribution is 6.03. The van der Waals surface area contributed by atoms with E-state index < -0.39 is 0 Å². The van der Waals surface area contributed by atoms with E-state index in [-0.39, 0.29) is 23.4 Å². The molecule has 4 rings (SSSR count). The molecular formula is C39H49N5O2. The lowest BCUT2D eigenvalue weighted by molar-refractivity contribution is 0.256. The molecule has 0 aliphatic rings. The number of pyridine rings is 2. The molecule has 0 saturated heterocycles. The van der Waals surface area contributed by atoms with Crippen LogP contribution in [0, 0.1) is 11.8 Å². The van der Waals surface area contributed by atoms with Crippen LogP contribution in [0.2, 0.25) is 0 Å². The minimum Gasteiger partial charge on any atom is -0.307 e. The summed E-state index contributed by atoms with van der Waals surface area (Å²) in [5.41, 5.74) is 6.58. The van der Waals surface area contributed by atoms with Crippen molar-refractivity contribution in [2.75, 3.05) is 36.4 Å². The number of H-pyrrole nitrogens is 1. The van der Waals surface area contributed by atoms with E-state index in [1.54, 1.807) is 17.2 Å². The Labute approximate surface area is 274 Å². The summed E-state index contributed by atoms with van der Waals surface area (Å²) in [6.07, 6.45) is 4.13. The number of carbonyl (C=O) groups excluding carboxylic acids is 1. The summed E-state index contributed by atoms with van der Waals surface area (Å²) in [6.45, 7) is 18.5. The highest BCUT2D eigenvalue weighted by atomic mass is 16.2. The number of aromatic nitrogens is 2. The van der Waals surface area contributed by atoms with Crippen molar-refractivity contribution in [1.29, 1.82) is 0 Å². The van der Waals surface area contributed by atoms with Gasteiger partial charge in [-0.2, -0.15) is 0 Å². The summed E-state index contributed by atoms with van der Waals surface area (Å²) in [5.74, 6) is 7.01. The van der Waals surface area contributed by atoms with Gasteiger partial charge in [0.1, 0.15) is 11.3 Å². The molecule has 0 saturated carbocycles. The van der Waals surface area contributed by atoms with Crippen LogP contribution in [-0.4, -0.2) is 47.1 Å². The number of aromatic amines is 1. The number of fused-ring (bicyclic) bond motifs is 1. The van der Waals surface area contributed by atoms with Crippen molar-refractivity contribution in [2.24, 2.45) is 0 Å². The maximum Gasteiger partial charge on any atom is 0.326 e. The van der Waals surface area contributed by atoms with Crippen molar-refractivity contribution in [2.45, 2.75) is 79.6 Å². The molecule has 0 aliphatic heterocycles. The Hall–Kier alpha value is -4.41. The maximum atomic E-state index is 14.1. The van der Waals surface area contributed by atoms with Crippen LogP contribution < -0.4 is 15.8 Å². The molecule has 0 fully saturated rings. The number of amides is 2. The van der Waals surface area contributed by atoms with Crippen molar-refractivity contribution >= 4 is 28.4 Å². The zero-order valence-electron chi connectivity index (χ0n) is 28.5. The molecule has 0 aliphatic carbocycles. The van der Waals surface area contributed by atoms with E-state index >= 15 is 0 Å². The molecule has 2 heterocycles. The monoisotopic (exact) mass is 619 g/mol. The van der Waals surface area contributed by atoms with E-state index in [1.807, 2.05) is 12.1 Å². The second kappa shape index (κ2) is 16.2. The fourth-order valence-corrected chi connectivity index (χ4v) is 5.65. The second-order valence-corrected chi connectivity index (χ2v) is 12.4. The third kappa shape index (κ3) is 8.44. The first-order valence-electron chi connectivity index (χ1n) is 16.7. The Morgan fingerprint density at radius 3 is 2.28 bits per heavy atom. The number of benzene rings is 2. The Morgan fingerprint density at radius 2 is 1.63 bits per heavy atom. The second-order valence-electron chi connectivity index (χ2n) is 12.4. The Balaban J connectivity index is 1.70. The number of anilines is 2. The summed E-state index contributed by atoms with van der Waals surface area (Å²) in [7, 11) is 0. The van der Waals surface area contributed by atoms with E-state index in [0.717, 1.165) is 77.8 Å². The molecule has 7 heteroatoms. The highest BCUT2D eigenvalue weighted by Crippen LogP contribution is 2.38. The van der Waals surface area contributed by atoms with Gasteiger partial charge in [0.2, 0.25) is 0 Å². The predicted octanol–water partition coefficient (Wildman–Crippen LogP) is 8.76. The Kier molecular flexibility index (Phi) is 12.2. The quantitative estimate of drug-likeness (QED) is 0.155. The number of urea groups is 1. The first kappa shape index (κ1) is 34.5. The van der Waals surface area contributed by atoms with Crippen molar-refractivity contribution in [3.8, 4) is 23.0 Å². The van der Waals surface area contributed by atoms with E-state index in [4.69, 9.17) is 0 Å². The zero-order valence-corrected chi connectivity index (χ0v) is 28.5. The van der Waals surface area contributed by atoms with E-state index in [1.165, 1.54) is 0 Å². The average molecular weight is 620 g/mol.